The lowest BCUT2D eigenvalue weighted by Crippen LogP contribution is -2.38. The molecule has 2 amide bonds. The van der Waals surface area contributed by atoms with Gasteiger partial charge in [-0.3, -0.25) is 9.59 Å². The summed E-state index contributed by atoms with van der Waals surface area (Å²) < 4.78 is 10.8. The van der Waals surface area contributed by atoms with Gasteiger partial charge in [-0.1, -0.05) is 60.7 Å². The number of rotatable bonds is 4. The van der Waals surface area contributed by atoms with Gasteiger partial charge >= 0.3 is 24.1 Å². The molecule has 10 heteroatoms. The maximum Gasteiger partial charge on any atom is 0.410 e. The van der Waals surface area contributed by atoms with Crippen LogP contribution in [0.25, 0.3) is 0 Å². The zero-order chi connectivity index (χ0) is 31.2. The van der Waals surface area contributed by atoms with Gasteiger partial charge < -0.3 is 29.5 Å². The van der Waals surface area contributed by atoms with Gasteiger partial charge in [-0.05, 0) is 65.5 Å². The van der Waals surface area contributed by atoms with Crippen LogP contribution in [0.1, 0.15) is 77.6 Å². The number of nitrogens with zero attached hydrogens (tertiary/aromatic N) is 2. The molecule has 2 fully saturated rings. The first-order valence-corrected chi connectivity index (χ1v) is 14.1. The molecule has 0 spiro atoms. The number of carbonyl (C=O) groups excluding carboxylic acids is 2. The quantitative estimate of drug-likeness (QED) is 0.439. The highest BCUT2D eigenvalue weighted by Crippen LogP contribution is 2.39. The van der Waals surface area contributed by atoms with Crippen LogP contribution in [0.3, 0.4) is 0 Å². The molecule has 0 aliphatic carbocycles. The van der Waals surface area contributed by atoms with E-state index in [1.807, 2.05) is 60.7 Å². The average molecular weight is 583 g/mol. The highest BCUT2D eigenvalue weighted by molar-refractivity contribution is 5.76. The van der Waals surface area contributed by atoms with E-state index in [9.17, 15) is 29.4 Å². The van der Waals surface area contributed by atoms with E-state index < -0.39 is 59.2 Å². The first-order chi connectivity index (χ1) is 19.6. The number of hydrogen-bond donors (Lipinski definition) is 2. The van der Waals surface area contributed by atoms with Crippen molar-refractivity contribution in [3.8, 4) is 0 Å². The van der Waals surface area contributed by atoms with Crippen LogP contribution in [0.15, 0.2) is 60.7 Å². The molecule has 0 radical (unpaired) electrons. The predicted molar refractivity (Wildman–Crippen MR) is 156 cm³/mol. The van der Waals surface area contributed by atoms with Gasteiger partial charge in [0.1, 0.15) is 11.2 Å². The van der Waals surface area contributed by atoms with Crippen molar-refractivity contribution in [1.82, 2.24) is 9.80 Å². The van der Waals surface area contributed by atoms with Crippen molar-refractivity contribution in [2.45, 2.75) is 77.7 Å². The average Bonchev–Trinajstić information content (AvgIpc) is 3.54. The van der Waals surface area contributed by atoms with Crippen molar-refractivity contribution in [1.29, 1.82) is 0 Å². The van der Waals surface area contributed by atoms with Crippen molar-refractivity contribution in [3.63, 3.8) is 0 Å². The highest BCUT2D eigenvalue weighted by atomic mass is 16.6. The number of carboxylic acid groups (broad SMARTS) is 2. The zero-order valence-electron chi connectivity index (χ0n) is 25.1. The third kappa shape index (κ3) is 8.47. The number of carboxylic acids is 2. The van der Waals surface area contributed by atoms with Crippen LogP contribution < -0.4 is 0 Å². The van der Waals surface area contributed by atoms with E-state index in [1.54, 1.807) is 41.5 Å². The normalized spacial score (nSPS) is 22.1. The van der Waals surface area contributed by atoms with Crippen molar-refractivity contribution in [2.24, 2.45) is 11.8 Å². The Morgan fingerprint density at radius 1 is 0.619 bits per heavy atom. The fraction of sp³-hybridized carbons (Fsp3) is 0.500. The monoisotopic (exact) mass is 582 g/mol. The minimum atomic E-state index is -0.880. The summed E-state index contributed by atoms with van der Waals surface area (Å²) in [6, 6.07) is 17.6. The van der Waals surface area contributed by atoms with Crippen molar-refractivity contribution >= 4 is 24.1 Å². The Morgan fingerprint density at radius 2 is 0.929 bits per heavy atom. The molecule has 2 saturated heterocycles. The topological polar surface area (TPSA) is 134 Å². The van der Waals surface area contributed by atoms with Crippen LogP contribution in [0.4, 0.5) is 9.59 Å². The van der Waals surface area contributed by atoms with E-state index in [1.165, 1.54) is 9.80 Å². The fourth-order valence-corrected chi connectivity index (χ4v) is 5.28. The second-order valence-electron chi connectivity index (χ2n) is 12.5. The first kappa shape index (κ1) is 32.4. The van der Waals surface area contributed by atoms with Crippen molar-refractivity contribution in [3.05, 3.63) is 71.8 Å². The molecular weight excluding hydrogens is 540 g/mol. The minimum absolute atomic E-state index is 0.394. The molecule has 2 heterocycles. The standard InChI is InChI=1S/2C16H21NO4/c2*1-16(2,3)21-15(20)17-10-9-12(14(18)19)13(17)11-7-5-4-6-8-11/h2*4-8,12-13H,9-10H2,1-3H3,(H,18,19)/t2*12-,13+/m10/s1. The third-order valence-corrected chi connectivity index (χ3v) is 6.97. The van der Waals surface area contributed by atoms with Crippen LogP contribution in [0, 0.1) is 11.8 Å². The summed E-state index contributed by atoms with van der Waals surface area (Å²) in [5, 5.41) is 18.8. The number of benzene rings is 2. The van der Waals surface area contributed by atoms with Crippen molar-refractivity contribution < 1.29 is 38.9 Å². The third-order valence-electron chi connectivity index (χ3n) is 6.97. The first-order valence-electron chi connectivity index (χ1n) is 14.1. The Labute approximate surface area is 247 Å². The molecule has 42 heavy (non-hydrogen) atoms. The molecule has 0 aromatic heterocycles. The van der Waals surface area contributed by atoms with Gasteiger partial charge in [0, 0.05) is 13.1 Å². The predicted octanol–water partition coefficient (Wildman–Crippen LogP) is 6.14. The summed E-state index contributed by atoms with van der Waals surface area (Å²) in [5.41, 5.74) is 0.459. The van der Waals surface area contributed by atoms with Gasteiger partial charge in [0.25, 0.3) is 0 Å². The summed E-state index contributed by atoms with van der Waals surface area (Å²) >= 11 is 0. The molecule has 4 rings (SSSR count). The van der Waals surface area contributed by atoms with Crippen LogP contribution in [-0.4, -0.2) is 68.4 Å². The van der Waals surface area contributed by atoms with E-state index in [4.69, 9.17) is 9.47 Å². The Bertz CT molecular complexity index is 1140. The molecule has 2 aliphatic rings. The summed E-state index contributed by atoms with van der Waals surface area (Å²) in [6.07, 6.45) is -0.0392. The molecule has 2 N–H and O–H groups in total. The van der Waals surface area contributed by atoms with E-state index in [2.05, 4.69) is 0 Å². The van der Waals surface area contributed by atoms with E-state index in [0.717, 1.165) is 11.1 Å². The largest absolute Gasteiger partial charge is 0.481 e. The second kappa shape index (κ2) is 13.3. The fourth-order valence-electron chi connectivity index (χ4n) is 5.28. The molecule has 0 saturated carbocycles. The van der Waals surface area contributed by atoms with Crippen LogP contribution >= 0.6 is 0 Å². The van der Waals surface area contributed by atoms with Gasteiger partial charge in [-0.25, -0.2) is 9.59 Å². The number of ether oxygens (including phenoxy) is 2. The Morgan fingerprint density at radius 3 is 1.19 bits per heavy atom. The number of hydrogen-bond acceptors (Lipinski definition) is 6. The molecule has 2 aliphatic heterocycles. The minimum Gasteiger partial charge on any atom is -0.481 e. The summed E-state index contributed by atoms with van der Waals surface area (Å²) in [6.45, 7) is 11.6. The molecule has 2 aromatic rings. The molecule has 0 unspecified atom stereocenters. The van der Waals surface area contributed by atoms with E-state index >= 15 is 0 Å². The van der Waals surface area contributed by atoms with Gasteiger partial charge in [-0.15, -0.1) is 0 Å². The SMILES string of the molecule is CC(C)(C)OC(=O)N1CC[C@@H](C(=O)O)[C@@H]1c1ccccc1.CC(C)(C)OC(=O)N1CC[C@H](C(=O)O)[C@H]1c1ccccc1. The Hall–Kier alpha value is -4.08. The van der Waals surface area contributed by atoms with Crippen LogP contribution in [0.5, 0.6) is 0 Å². The smallest absolute Gasteiger partial charge is 0.410 e. The lowest BCUT2D eigenvalue weighted by atomic mass is 9.94. The maximum atomic E-state index is 12.3. The maximum absolute atomic E-state index is 12.3. The lowest BCUT2D eigenvalue weighted by Gasteiger charge is -2.30. The summed E-state index contributed by atoms with van der Waals surface area (Å²) in [4.78, 5) is 50.6. The number of aliphatic carboxylic acids is 2. The molecular formula is C32H42N2O8. The Balaban J connectivity index is 0.000000230. The summed E-state index contributed by atoms with van der Waals surface area (Å²) in [5.74, 6) is -2.95. The van der Waals surface area contributed by atoms with E-state index in [0.29, 0.717) is 25.9 Å². The molecule has 4 atom stereocenters. The van der Waals surface area contributed by atoms with Gasteiger partial charge in [0.15, 0.2) is 0 Å². The summed E-state index contributed by atoms with van der Waals surface area (Å²) in [7, 11) is 0. The second-order valence-corrected chi connectivity index (χ2v) is 12.5. The zero-order valence-corrected chi connectivity index (χ0v) is 25.1. The number of amides is 2. The van der Waals surface area contributed by atoms with Gasteiger partial charge in [0.2, 0.25) is 0 Å². The van der Waals surface area contributed by atoms with Crippen LogP contribution in [0.2, 0.25) is 0 Å². The number of carbonyl (C=O) groups is 4. The highest BCUT2D eigenvalue weighted by Gasteiger charge is 2.44. The lowest BCUT2D eigenvalue weighted by molar-refractivity contribution is -0.143. The van der Waals surface area contributed by atoms with Gasteiger partial charge in [-0.2, -0.15) is 0 Å². The Kier molecular flexibility index (Phi) is 10.2. The van der Waals surface area contributed by atoms with Crippen molar-refractivity contribution in [2.75, 3.05) is 13.1 Å². The number of likely N-dealkylation sites (tertiary alicyclic amines) is 2. The molecule has 0 bridgehead atoms. The van der Waals surface area contributed by atoms with Gasteiger partial charge in [0.05, 0.1) is 23.9 Å². The van der Waals surface area contributed by atoms with E-state index in [-0.39, 0.29) is 0 Å². The molecule has 228 valence electrons. The molecule has 10 nitrogen and oxygen atoms in total. The van der Waals surface area contributed by atoms with Crippen LogP contribution in [-0.2, 0) is 19.1 Å². The molecule has 2 aromatic carbocycles.